The number of hydrogen-bond acceptors (Lipinski definition) is 5. The van der Waals surface area contributed by atoms with Crippen molar-refractivity contribution < 1.29 is 24.2 Å². The van der Waals surface area contributed by atoms with Gasteiger partial charge in [-0.1, -0.05) is 6.92 Å². The largest absolute Gasteiger partial charge is 0.489 e. The number of ketones is 1. The van der Waals surface area contributed by atoms with E-state index in [9.17, 15) is 19.5 Å². The van der Waals surface area contributed by atoms with Crippen molar-refractivity contribution >= 4 is 17.6 Å². The maximum absolute atomic E-state index is 12.1. The molecule has 0 unspecified atom stereocenters. The smallest absolute Gasteiger partial charge is 0.226 e. The van der Waals surface area contributed by atoms with Gasteiger partial charge in [-0.05, 0) is 19.3 Å². The number of hydrogen-bond donors (Lipinski definition) is 2. The molecule has 0 aliphatic carbocycles. The number of aliphatic hydroxyl groups is 1. The fourth-order valence-electron chi connectivity index (χ4n) is 2.94. The van der Waals surface area contributed by atoms with Crippen LogP contribution < -0.4 is 5.32 Å². The molecule has 0 aromatic rings. The number of aliphatic hydroxyl groups excluding tert-OH is 1. The summed E-state index contributed by atoms with van der Waals surface area (Å²) < 4.78 is 5.66. The molecule has 2 aliphatic heterocycles. The number of rotatable bonds is 4. The van der Waals surface area contributed by atoms with E-state index in [1.807, 2.05) is 6.92 Å². The summed E-state index contributed by atoms with van der Waals surface area (Å²) in [5, 5.41) is 11.5. The standard InChI is InChI=1S/C15H21NO5/c1-9-7-15(2,8-17)21-12(9)6-11(18)3-10-4-13(19)16-14(20)5-10/h6,9-10,17H,3-5,7-8H2,1-2H3,(H,16,19,20)/t9-,15+/m1/s1. The van der Waals surface area contributed by atoms with Gasteiger partial charge in [-0.15, -0.1) is 0 Å². The van der Waals surface area contributed by atoms with Gasteiger partial charge in [-0.25, -0.2) is 0 Å². The van der Waals surface area contributed by atoms with Crippen molar-refractivity contribution in [2.45, 2.75) is 45.1 Å². The third-order valence-corrected chi connectivity index (χ3v) is 3.94. The molecule has 2 amide bonds. The summed E-state index contributed by atoms with van der Waals surface area (Å²) in [6.45, 7) is 3.65. The molecule has 2 heterocycles. The zero-order valence-corrected chi connectivity index (χ0v) is 12.3. The van der Waals surface area contributed by atoms with Gasteiger partial charge in [0, 0.05) is 31.3 Å². The number of carbonyl (C=O) groups is 3. The summed E-state index contributed by atoms with van der Waals surface area (Å²) in [7, 11) is 0. The fraction of sp³-hybridized carbons (Fsp3) is 0.667. The highest BCUT2D eigenvalue weighted by molar-refractivity contribution is 5.99. The van der Waals surface area contributed by atoms with Crippen molar-refractivity contribution in [3.63, 3.8) is 0 Å². The Hall–Kier alpha value is -1.69. The minimum atomic E-state index is -0.633. The quantitative estimate of drug-likeness (QED) is 0.588. The normalized spacial score (nSPS) is 32.1. The Kier molecular flexibility index (Phi) is 4.46. The summed E-state index contributed by atoms with van der Waals surface area (Å²) in [6, 6.07) is 0. The van der Waals surface area contributed by atoms with Crippen LogP contribution in [0.5, 0.6) is 0 Å². The Bertz CT molecular complexity index is 482. The Morgan fingerprint density at radius 1 is 1.43 bits per heavy atom. The van der Waals surface area contributed by atoms with Crippen LogP contribution in [0.2, 0.25) is 0 Å². The lowest BCUT2D eigenvalue weighted by Crippen LogP contribution is -2.39. The van der Waals surface area contributed by atoms with Gasteiger partial charge in [0.05, 0.1) is 6.61 Å². The molecule has 2 saturated heterocycles. The Balaban J connectivity index is 1.96. The molecular weight excluding hydrogens is 274 g/mol. The van der Waals surface area contributed by atoms with E-state index >= 15 is 0 Å². The number of amides is 2. The summed E-state index contributed by atoms with van der Waals surface area (Å²) in [5.41, 5.74) is -0.633. The molecule has 0 saturated carbocycles. The van der Waals surface area contributed by atoms with E-state index in [1.54, 1.807) is 6.92 Å². The Labute approximate surface area is 123 Å². The van der Waals surface area contributed by atoms with Crippen LogP contribution >= 0.6 is 0 Å². The van der Waals surface area contributed by atoms with Crippen LogP contribution in [0.1, 0.15) is 39.5 Å². The van der Waals surface area contributed by atoms with Gasteiger partial charge >= 0.3 is 0 Å². The molecule has 2 fully saturated rings. The van der Waals surface area contributed by atoms with Gasteiger partial charge in [0.15, 0.2) is 5.78 Å². The van der Waals surface area contributed by atoms with Crippen LogP contribution in [-0.2, 0) is 19.1 Å². The van der Waals surface area contributed by atoms with Crippen LogP contribution in [0, 0.1) is 11.8 Å². The third kappa shape index (κ3) is 3.91. The van der Waals surface area contributed by atoms with Gasteiger partial charge in [0.25, 0.3) is 0 Å². The zero-order valence-electron chi connectivity index (χ0n) is 12.3. The number of allylic oxidation sites excluding steroid dienone is 2. The van der Waals surface area contributed by atoms with Crippen molar-refractivity contribution in [1.29, 1.82) is 0 Å². The number of piperidine rings is 1. The van der Waals surface area contributed by atoms with Gasteiger partial charge in [0.2, 0.25) is 11.8 Å². The van der Waals surface area contributed by atoms with Crippen molar-refractivity contribution in [3.8, 4) is 0 Å². The van der Waals surface area contributed by atoms with E-state index < -0.39 is 5.60 Å². The second-order valence-electron chi connectivity index (χ2n) is 6.28. The fourth-order valence-corrected chi connectivity index (χ4v) is 2.94. The molecule has 0 aromatic carbocycles. The molecule has 2 rings (SSSR count). The van der Waals surface area contributed by atoms with Crippen LogP contribution in [-0.4, -0.2) is 34.9 Å². The van der Waals surface area contributed by atoms with E-state index in [2.05, 4.69) is 5.32 Å². The lowest BCUT2D eigenvalue weighted by Gasteiger charge is -2.21. The number of ether oxygens (including phenoxy) is 1. The van der Waals surface area contributed by atoms with Crippen LogP contribution in [0.4, 0.5) is 0 Å². The lowest BCUT2D eigenvalue weighted by molar-refractivity contribution is -0.135. The van der Waals surface area contributed by atoms with Crippen molar-refractivity contribution in [3.05, 3.63) is 11.8 Å². The van der Waals surface area contributed by atoms with Crippen LogP contribution in [0.3, 0.4) is 0 Å². The molecule has 6 heteroatoms. The molecule has 21 heavy (non-hydrogen) atoms. The first-order valence-corrected chi connectivity index (χ1v) is 7.18. The molecule has 0 radical (unpaired) electrons. The predicted molar refractivity (Wildman–Crippen MR) is 73.9 cm³/mol. The summed E-state index contributed by atoms with van der Waals surface area (Å²) in [5.74, 6) is -0.390. The van der Waals surface area contributed by atoms with Gasteiger partial charge < -0.3 is 9.84 Å². The lowest BCUT2D eigenvalue weighted by atomic mass is 9.91. The maximum Gasteiger partial charge on any atom is 0.226 e. The Morgan fingerprint density at radius 2 is 2.05 bits per heavy atom. The number of nitrogens with one attached hydrogen (secondary N) is 1. The first-order valence-electron chi connectivity index (χ1n) is 7.18. The topological polar surface area (TPSA) is 92.7 Å². The zero-order chi connectivity index (χ0) is 15.6. The molecule has 0 spiro atoms. The van der Waals surface area contributed by atoms with E-state index in [0.29, 0.717) is 12.2 Å². The van der Waals surface area contributed by atoms with Crippen molar-refractivity contribution in [1.82, 2.24) is 5.32 Å². The predicted octanol–water partition coefficient (Wildman–Crippen LogP) is 0.690. The molecule has 2 N–H and O–H groups in total. The first kappa shape index (κ1) is 15.7. The van der Waals surface area contributed by atoms with Gasteiger partial charge in [-0.2, -0.15) is 0 Å². The Morgan fingerprint density at radius 3 is 2.57 bits per heavy atom. The van der Waals surface area contributed by atoms with Gasteiger partial charge in [-0.3, -0.25) is 19.7 Å². The highest BCUT2D eigenvalue weighted by Gasteiger charge is 2.38. The maximum atomic E-state index is 12.1. The second-order valence-corrected chi connectivity index (χ2v) is 6.28. The highest BCUT2D eigenvalue weighted by Crippen LogP contribution is 2.37. The van der Waals surface area contributed by atoms with E-state index in [1.165, 1.54) is 6.08 Å². The average Bonchev–Trinajstić information content (AvgIpc) is 2.63. The summed E-state index contributed by atoms with van der Waals surface area (Å²) in [6.07, 6.45) is 2.67. The van der Waals surface area contributed by atoms with Crippen molar-refractivity contribution in [2.75, 3.05) is 6.61 Å². The van der Waals surface area contributed by atoms with Crippen LogP contribution in [0.25, 0.3) is 0 Å². The highest BCUT2D eigenvalue weighted by atomic mass is 16.5. The minimum absolute atomic E-state index is 0.0717. The molecule has 2 atom stereocenters. The van der Waals surface area contributed by atoms with E-state index in [-0.39, 0.29) is 55.3 Å². The summed E-state index contributed by atoms with van der Waals surface area (Å²) >= 11 is 0. The second kappa shape index (κ2) is 5.97. The van der Waals surface area contributed by atoms with Gasteiger partial charge in [0.1, 0.15) is 11.4 Å². The summed E-state index contributed by atoms with van der Waals surface area (Å²) in [4.78, 5) is 34.6. The monoisotopic (exact) mass is 295 g/mol. The average molecular weight is 295 g/mol. The molecule has 0 aromatic heterocycles. The minimum Gasteiger partial charge on any atom is -0.489 e. The number of carbonyl (C=O) groups excluding carboxylic acids is 3. The van der Waals surface area contributed by atoms with E-state index in [4.69, 9.17) is 4.74 Å². The third-order valence-electron chi connectivity index (χ3n) is 3.94. The molecule has 2 aliphatic rings. The first-order chi connectivity index (χ1) is 9.81. The SMILES string of the molecule is C[C@@H]1C[C@@](C)(CO)OC1=CC(=O)CC1CC(=O)NC(=O)C1. The van der Waals surface area contributed by atoms with Crippen LogP contribution in [0.15, 0.2) is 11.8 Å². The molecule has 0 bridgehead atoms. The number of imide groups is 1. The van der Waals surface area contributed by atoms with E-state index in [0.717, 1.165) is 0 Å². The molecular formula is C15H21NO5. The molecule has 116 valence electrons. The molecule has 6 nitrogen and oxygen atoms in total. The van der Waals surface area contributed by atoms with Crippen molar-refractivity contribution in [2.24, 2.45) is 11.8 Å².